The van der Waals surface area contributed by atoms with Crippen LogP contribution in [0.1, 0.15) is 25.5 Å². The fourth-order valence-corrected chi connectivity index (χ4v) is 3.90. The summed E-state index contributed by atoms with van der Waals surface area (Å²) >= 11 is 0. The van der Waals surface area contributed by atoms with Gasteiger partial charge in [0.25, 0.3) is 10.0 Å². The molecule has 2 aromatic heterocycles. The first-order chi connectivity index (χ1) is 12.6. The largest absolute Gasteiger partial charge is 0.452 e. The van der Waals surface area contributed by atoms with Crippen LogP contribution in [0.3, 0.4) is 0 Å². The lowest BCUT2D eigenvalue weighted by Crippen LogP contribution is -2.37. The second-order valence-electron chi connectivity index (χ2n) is 6.05. The summed E-state index contributed by atoms with van der Waals surface area (Å²) in [4.78, 5) is 13.4. The molecule has 0 spiro atoms. The van der Waals surface area contributed by atoms with Gasteiger partial charge in [0.2, 0.25) is 16.8 Å². The Morgan fingerprint density at radius 2 is 2.11 bits per heavy atom. The van der Waals surface area contributed by atoms with Gasteiger partial charge in [-0.15, -0.1) is 0 Å². The summed E-state index contributed by atoms with van der Waals surface area (Å²) in [5.41, 5.74) is -0.283. The highest BCUT2D eigenvalue weighted by Gasteiger charge is 2.37. The Bertz CT molecular complexity index is 935. The lowest BCUT2D eigenvalue weighted by atomic mass is 10.3. The van der Waals surface area contributed by atoms with E-state index in [1.165, 1.54) is 6.07 Å². The van der Waals surface area contributed by atoms with Crippen LogP contribution in [-0.4, -0.2) is 43.5 Å². The van der Waals surface area contributed by atoms with Gasteiger partial charge in [-0.05, 0) is 18.6 Å². The van der Waals surface area contributed by atoms with E-state index in [1.807, 2.05) is 6.92 Å². The van der Waals surface area contributed by atoms with Crippen LogP contribution in [0.5, 0.6) is 0 Å². The van der Waals surface area contributed by atoms with Gasteiger partial charge in [0.1, 0.15) is 5.69 Å². The van der Waals surface area contributed by atoms with E-state index in [0.29, 0.717) is 12.6 Å². The van der Waals surface area contributed by atoms with Gasteiger partial charge in [-0.1, -0.05) is 12.1 Å². The van der Waals surface area contributed by atoms with Crippen LogP contribution >= 0.6 is 0 Å². The first-order valence-corrected chi connectivity index (χ1v) is 9.52. The monoisotopic (exact) mass is 407 g/mol. The summed E-state index contributed by atoms with van der Waals surface area (Å²) in [6.07, 6.45) is -3.93. The standard InChI is InChI=1S/C15H16F3N3O5S/c1-2-5-21-8-9(6-13(21)22)20-27(23,24)14-4-3-11(25-14)10-7-12(26-19-10)15(16,17)18/h3-4,7,9,20H,2,5-6,8H2,1H3/t9-/m0/s1. The van der Waals surface area contributed by atoms with E-state index in [2.05, 4.69) is 14.4 Å². The van der Waals surface area contributed by atoms with E-state index in [-0.39, 0.29) is 30.3 Å². The van der Waals surface area contributed by atoms with Crippen LogP contribution < -0.4 is 4.72 Å². The molecule has 3 rings (SSSR count). The van der Waals surface area contributed by atoms with Crippen molar-refractivity contribution in [3.63, 3.8) is 0 Å². The Morgan fingerprint density at radius 1 is 1.37 bits per heavy atom. The van der Waals surface area contributed by atoms with Crippen LogP contribution in [0, 0.1) is 0 Å². The lowest BCUT2D eigenvalue weighted by Gasteiger charge is -2.15. The maximum absolute atomic E-state index is 12.6. The molecule has 148 valence electrons. The van der Waals surface area contributed by atoms with E-state index in [4.69, 9.17) is 4.42 Å². The van der Waals surface area contributed by atoms with E-state index in [1.54, 1.807) is 4.90 Å². The van der Waals surface area contributed by atoms with Crippen molar-refractivity contribution in [1.82, 2.24) is 14.8 Å². The van der Waals surface area contributed by atoms with E-state index >= 15 is 0 Å². The number of carbonyl (C=O) groups excluding carboxylic acids is 1. The summed E-state index contributed by atoms with van der Waals surface area (Å²) in [6.45, 7) is 2.69. The average molecular weight is 407 g/mol. The highest BCUT2D eigenvalue weighted by Crippen LogP contribution is 2.33. The summed E-state index contributed by atoms with van der Waals surface area (Å²) in [6, 6.07) is 2.28. The third-order valence-corrected chi connectivity index (χ3v) is 5.31. The zero-order valence-corrected chi connectivity index (χ0v) is 14.9. The number of nitrogens with zero attached hydrogens (tertiary/aromatic N) is 2. The number of likely N-dealkylation sites (tertiary alicyclic amines) is 1. The van der Waals surface area contributed by atoms with E-state index in [0.717, 1.165) is 12.5 Å². The topological polar surface area (TPSA) is 106 Å². The zero-order chi connectivity index (χ0) is 19.8. The van der Waals surface area contributed by atoms with Crippen molar-refractivity contribution in [3.05, 3.63) is 24.0 Å². The van der Waals surface area contributed by atoms with Crippen molar-refractivity contribution in [2.24, 2.45) is 0 Å². The number of hydrogen-bond acceptors (Lipinski definition) is 6. The van der Waals surface area contributed by atoms with Crippen LogP contribution in [0.15, 0.2) is 32.2 Å². The molecule has 1 N–H and O–H groups in total. The van der Waals surface area contributed by atoms with Crippen LogP contribution in [0.4, 0.5) is 13.2 Å². The molecule has 1 atom stereocenters. The molecule has 0 saturated carbocycles. The normalized spacial score (nSPS) is 18.4. The third kappa shape index (κ3) is 4.16. The van der Waals surface area contributed by atoms with Crippen molar-refractivity contribution in [2.75, 3.05) is 13.1 Å². The fourth-order valence-electron chi connectivity index (χ4n) is 2.74. The molecular formula is C15H16F3N3O5S. The number of furan rings is 1. The number of halogens is 3. The third-order valence-electron chi connectivity index (χ3n) is 3.92. The maximum Gasteiger partial charge on any atom is 0.452 e. The first kappa shape index (κ1) is 19.4. The number of alkyl halides is 3. The predicted octanol–water partition coefficient (Wildman–Crippen LogP) is 2.24. The van der Waals surface area contributed by atoms with Crippen LogP contribution in [-0.2, 0) is 21.0 Å². The molecule has 1 amide bonds. The first-order valence-electron chi connectivity index (χ1n) is 8.04. The molecule has 0 bridgehead atoms. The highest BCUT2D eigenvalue weighted by molar-refractivity contribution is 7.89. The minimum Gasteiger partial charge on any atom is -0.441 e. The van der Waals surface area contributed by atoms with Gasteiger partial charge in [-0.2, -0.15) is 13.2 Å². The molecular weight excluding hydrogens is 391 g/mol. The van der Waals surface area contributed by atoms with E-state index in [9.17, 15) is 26.4 Å². The second kappa shape index (κ2) is 7.00. The highest BCUT2D eigenvalue weighted by atomic mass is 32.2. The van der Waals surface area contributed by atoms with Gasteiger partial charge in [-0.3, -0.25) is 4.79 Å². The molecule has 12 heteroatoms. The number of amides is 1. The van der Waals surface area contributed by atoms with Crippen molar-refractivity contribution < 1.29 is 35.3 Å². The number of sulfonamides is 1. The molecule has 27 heavy (non-hydrogen) atoms. The Labute approximate surface area is 152 Å². The summed E-state index contributed by atoms with van der Waals surface area (Å²) in [5, 5.41) is 2.75. The van der Waals surface area contributed by atoms with Gasteiger partial charge in [0.05, 0.1) is 0 Å². The molecule has 1 aliphatic heterocycles. The van der Waals surface area contributed by atoms with E-state index < -0.39 is 33.1 Å². The molecule has 1 saturated heterocycles. The van der Waals surface area contributed by atoms with Gasteiger partial charge in [-0.25, -0.2) is 13.1 Å². The average Bonchev–Trinajstić information content (AvgIpc) is 3.26. The lowest BCUT2D eigenvalue weighted by molar-refractivity contribution is -0.155. The Morgan fingerprint density at radius 3 is 2.74 bits per heavy atom. The SMILES string of the molecule is CCCN1C[C@@H](NS(=O)(=O)c2ccc(-c3cc(C(F)(F)F)on3)o2)CC1=O. The van der Waals surface area contributed by atoms with Gasteiger partial charge < -0.3 is 13.8 Å². The summed E-state index contributed by atoms with van der Waals surface area (Å²) < 4.78 is 74.2. The summed E-state index contributed by atoms with van der Waals surface area (Å²) in [5.74, 6) is -1.66. The Kier molecular flexibility index (Phi) is 5.04. The number of hydrogen-bond donors (Lipinski definition) is 1. The molecule has 1 fully saturated rings. The predicted molar refractivity (Wildman–Crippen MR) is 84.8 cm³/mol. The van der Waals surface area contributed by atoms with Crippen LogP contribution in [0.2, 0.25) is 0 Å². The minimum atomic E-state index is -4.71. The molecule has 8 nitrogen and oxygen atoms in total. The number of nitrogens with one attached hydrogen (secondary N) is 1. The molecule has 0 aliphatic carbocycles. The van der Waals surface area contributed by atoms with Gasteiger partial charge in [0, 0.05) is 31.6 Å². The molecule has 1 aliphatic rings. The molecule has 2 aromatic rings. The smallest absolute Gasteiger partial charge is 0.441 e. The molecule has 0 radical (unpaired) electrons. The second-order valence-corrected chi connectivity index (χ2v) is 7.70. The molecule has 0 aromatic carbocycles. The Hall–Kier alpha value is -2.34. The minimum absolute atomic E-state index is 0.0328. The number of rotatable bonds is 6. The zero-order valence-electron chi connectivity index (χ0n) is 14.1. The Balaban J connectivity index is 1.73. The quantitative estimate of drug-likeness (QED) is 0.787. The summed E-state index contributed by atoms with van der Waals surface area (Å²) in [7, 11) is -4.09. The van der Waals surface area contributed by atoms with Crippen LogP contribution in [0.25, 0.3) is 11.5 Å². The van der Waals surface area contributed by atoms with Crippen molar-refractivity contribution in [2.45, 2.75) is 37.1 Å². The number of carbonyl (C=O) groups is 1. The maximum atomic E-state index is 12.6. The molecule has 3 heterocycles. The van der Waals surface area contributed by atoms with Gasteiger partial charge >= 0.3 is 6.18 Å². The van der Waals surface area contributed by atoms with Gasteiger partial charge in [0.15, 0.2) is 5.76 Å². The molecule has 0 unspecified atom stereocenters. The number of aromatic nitrogens is 1. The van der Waals surface area contributed by atoms with Crippen molar-refractivity contribution >= 4 is 15.9 Å². The fraction of sp³-hybridized carbons (Fsp3) is 0.467. The van der Waals surface area contributed by atoms with Crippen molar-refractivity contribution in [1.29, 1.82) is 0 Å². The van der Waals surface area contributed by atoms with Crippen molar-refractivity contribution in [3.8, 4) is 11.5 Å².